The van der Waals surface area contributed by atoms with E-state index in [2.05, 4.69) is 21.1 Å². The molecule has 1 aromatic rings. The second-order valence-electron chi connectivity index (χ2n) is 5.67. The first-order valence-corrected chi connectivity index (χ1v) is 6.69. The topological polar surface area (TPSA) is 29.9 Å². The van der Waals surface area contributed by atoms with Crippen LogP contribution in [0.2, 0.25) is 0 Å². The first kappa shape index (κ1) is 9.23. The van der Waals surface area contributed by atoms with Crippen molar-refractivity contribution in [2.24, 2.45) is 5.92 Å². The van der Waals surface area contributed by atoms with Gasteiger partial charge in [0.25, 0.3) is 0 Å². The number of imidazole rings is 1. The van der Waals surface area contributed by atoms with Crippen LogP contribution in [0.15, 0.2) is 12.4 Å². The summed E-state index contributed by atoms with van der Waals surface area (Å²) in [6, 6.07) is 1.61. The van der Waals surface area contributed by atoms with Gasteiger partial charge in [-0.25, -0.2) is 4.98 Å². The van der Waals surface area contributed by atoms with Crippen LogP contribution in [0.25, 0.3) is 0 Å². The normalized spacial score (nSPS) is 41.2. The molecule has 0 amide bonds. The molecule has 1 aromatic heterocycles. The Morgan fingerprint density at radius 1 is 1.31 bits per heavy atom. The van der Waals surface area contributed by atoms with Crippen molar-refractivity contribution in [3.8, 4) is 0 Å². The van der Waals surface area contributed by atoms with Crippen molar-refractivity contribution in [1.29, 1.82) is 0 Å². The van der Waals surface area contributed by atoms with Gasteiger partial charge >= 0.3 is 0 Å². The molecule has 0 aliphatic carbocycles. The molecule has 4 heterocycles. The second kappa shape index (κ2) is 3.33. The van der Waals surface area contributed by atoms with Gasteiger partial charge in [-0.05, 0) is 38.0 Å². The summed E-state index contributed by atoms with van der Waals surface area (Å²) in [7, 11) is 0. The quantitative estimate of drug-likeness (QED) is 0.778. The highest BCUT2D eigenvalue weighted by Crippen LogP contribution is 2.44. The lowest BCUT2D eigenvalue weighted by molar-refractivity contribution is 0.284. The monoisotopic (exact) mass is 217 g/mol. The number of aryl methyl sites for hydroxylation is 1. The van der Waals surface area contributed by atoms with Crippen LogP contribution in [-0.2, 0) is 6.54 Å². The van der Waals surface area contributed by atoms with Crippen LogP contribution >= 0.6 is 0 Å². The van der Waals surface area contributed by atoms with Crippen LogP contribution < -0.4 is 5.32 Å². The SMILES string of the molecule is c1cn2c(n1)C(C1CC3CCC1N3)CCC2. The van der Waals surface area contributed by atoms with Crippen LogP contribution in [-0.4, -0.2) is 21.6 Å². The first-order valence-electron chi connectivity index (χ1n) is 6.69. The molecule has 0 saturated carbocycles. The third-order valence-corrected chi connectivity index (χ3v) is 4.86. The Morgan fingerprint density at radius 3 is 3.12 bits per heavy atom. The van der Waals surface area contributed by atoms with Crippen molar-refractivity contribution in [2.45, 2.75) is 56.7 Å². The Kier molecular flexibility index (Phi) is 1.92. The number of hydrogen-bond acceptors (Lipinski definition) is 2. The molecule has 0 radical (unpaired) electrons. The molecule has 4 atom stereocenters. The molecule has 2 fully saturated rings. The van der Waals surface area contributed by atoms with E-state index >= 15 is 0 Å². The summed E-state index contributed by atoms with van der Waals surface area (Å²) in [5.41, 5.74) is 0. The molecule has 3 aliphatic heterocycles. The fourth-order valence-electron chi connectivity index (χ4n) is 4.17. The molecule has 0 aromatic carbocycles. The van der Waals surface area contributed by atoms with E-state index < -0.39 is 0 Å². The van der Waals surface area contributed by atoms with E-state index in [9.17, 15) is 0 Å². The molecular formula is C13H19N3. The maximum atomic E-state index is 4.60. The molecule has 4 unspecified atom stereocenters. The van der Waals surface area contributed by atoms with Crippen LogP contribution in [0.4, 0.5) is 0 Å². The summed E-state index contributed by atoms with van der Waals surface area (Å²) >= 11 is 0. The van der Waals surface area contributed by atoms with Crippen LogP contribution in [0, 0.1) is 5.92 Å². The van der Waals surface area contributed by atoms with Gasteiger partial charge in [-0.3, -0.25) is 0 Å². The minimum absolute atomic E-state index is 0.728. The zero-order valence-electron chi connectivity index (χ0n) is 9.60. The van der Waals surface area contributed by atoms with Crippen LogP contribution in [0.5, 0.6) is 0 Å². The minimum atomic E-state index is 0.728. The van der Waals surface area contributed by atoms with Crippen LogP contribution in [0.3, 0.4) is 0 Å². The third-order valence-electron chi connectivity index (χ3n) is 4.86. The fourth-order valence-corrected chi connectivity index (χ4v) is 4.17. The summed E-state index contributed by atoms with van der Waals surface area (Å²) in [5, 5.41) is 3.76. The lowest BCUT2D eigenvalue weighted by Gasteiger charge is -2.32. The molecule has 2 bridgehead atoms. The predicted molar refractivity (Wildman–Crippen MR) is 62.3 cm³/mol. The van der Waals surface area contributed by atoms with Crippen molar-refractivity contribution in [3.63, 3.8) is 0 Å². The molecule has 1 N–H and O–H groups in total. The summed E-state index contributed by atoms with van der Waals surface area (Å²) in [6.45, 7) is 1.18. The number of hydrogen-bond donors (Lipinski definition) is 1. The van der Waals surface area contributed by atoms with E-state index in [0.29, 0.717) is 0 Å². The summed E-state index contributed by atoms with van der Waals surface area (Å²) in [4.78, 5) is 4.60. The average Bonchev–Trinajstić information content (AvgIpc) is 3.03. The second-order valence-corrected chi connectivity index (χ2v) is 5.67. The summed E-state index contributed by atoms with van der Waals surface area (Å²) in [5.74, 6) is 2.96. The van der Waals surface area contributed by atoms with E-state index in [1.165, 1.54) is 44.5 Å². The Hall–Kier alpha value is -0.830. The van der Waals surface area contributed by atoms with Crippen molar-refractivity contribution < 1.29 is 0 Å². The number of aromatic nitrogens is 2. The van der Waals surface area contributed by atoms with Gasteiger partial charge in [0.15, 0.2) is 0 Å². The minimum Gasteiger partial charge on any atom is -0.335 e. The Balaban J connectivity index is 1.65. The van der Waals surface area contributed by atoms with Gasteiger partial charge < -0.3 is 9.88 Å². The van der Waals surface area contributed by atoms with Gasteiger partial charge in [-0.1, -0.05) is 0 Å². The molecule has 3 heteroatoms. The number of nitrogens with one attached hydrogen (secondary N) is 1. The smallest absolute Gasteiger partial charge is 0.112 e. The van der Waals surface area contributed by atoms with Gasteiger partial charge in [-0.15, -0.1) is 0 Å². The van der Waals surface area contributed by atoms with Crippen LogP contribution in [0.1, 0.15) is 43.8 Å². The molecular weight excluding hydrogens is 198 g/mol. The molecule has 86 valence electrons. The van der Waals surface area contributed by atoms with Crippen molar-refractivity contribution in [3.05, 3.63) is 18.2 Å². The lowest BCUT2D eigenvalue weighted by atomic mass is 9.76. The predicted octanol–water partition coefficient (Wildman–Crippen LogP) is 1.90. The molecule has 3 aliphatic rings. The highest BCUT2D eigenvalue weighted by atomic mass is 15.1. The standard InChI is InChI=1S/C13H19N3/c1-2-10(13-14-5-7-16(13)6-1)11-8-9-3-4-12(11)15-9/h5,7,9-12,15H,1-4,6,8H2. The molecule has 4 rings (SSSR count). The molecule has 16 heavy (non-hydrogen) atoms. The third kappa shape index (κ3) is 1.21. The Labute approximate surface area is 96.3 Å². The fraction of sp³-hybridized carbons (Fsp3) is 0.769. The van der Waals surface area contributed by atoms with E-state index in [1.807, 2.05) is 6.20 Å². The van der Waals surface area contributed by atoms with E-state index in [4.69, 9.17) is 0 Å². The van der Waals surface area contributed by atoms with Gasteiger partial charge in [-0.2, -0.15) is 0 Å². The lowest BCUT2D eigenvalue weighted by Crippen LogP contribution is -2.31. The molecule has 2 saturated heterocycles. The average molecular weight is 217 g/mol. The first-order chi connectivity index (χ1) is 7.92. The van der Waals surface area contributed by atoms with Crippen molar-refractivity contribution in [1.82, 2.24) is 14.9 Å². The van der Waals surface area contributed by atoms with Crippen molar-refractivity contribution >= 4 is 0 Å². The van der Waals surface area contributed by atoms with Gasteiger partial charge in [0.2, 0.25) is 0 Å². The summed E-state index contributed by atoms with van der Waals surface area (Å²) < 4.78 is 2.38. The van der Waals surface area contributed by atoms with E-state index in [-0.39, 0.29) is 0 Å². The van der Waals surface area contributed by atoms with Gasteiger partial charge in [0.05, 0.1) is 0 Å². The maximum absolute atomic E-state index is 4.60. The molecule has 0 spiro atoms. The number of rotatable bonds is 1. The zero-order valence-corrected chi connectivity index (χ0v) is 9.60. The Bertz CT molecular complexity index is 398. The maximum Gasteiger partial charge on any atom is 0.112 e. The number of fused-ring (bicyclic) bond motifs is 3. The number of nitrogens with zero attached hydrogens (tertiary/aromatic N) is 2. The Morgan fingerprint density at radius 2 is 2.31 bits per heavy atom. The van der Waals surface area contributed by atoms with E-state index in [1.54, 1.807) is 0 Å². The summed E-state index contributed by atoms with van der Waals surface area (Å²) in [6.07, 6.45) is 11.0. The van der Waals surface area contributed by atoms with E-state index in [0.717, 1.165) is 23.9 Å². The highest BCUT2D eigenvalue weighted by molar-refractivity contribution is 5.11. The van der Waals surface area contributed by atoms with Gasteiger partial charge in [0.1, 0.15) is 5.82 Å². The largest absolute Gasteiger partial charge is 0.335 e. The van der Waals surface area contributed by atoms with Gasteiger partial charge in [0, 0.05) is 36.9 Å². The molecule has 3 nitrogen and oxygen atoms in total. The zero-order chi connectivity index (χ0) is 10.5. The van der Waals surface area contributed by atoms with Crippen molar-refractivity contribution in [2.75, 3.05) is 0 Å². The highest BCUT2D eigenvalue weighted by Gasteiger charge is 2.44.